The maximum atomic E-state index is 13.1. The third kappa shape index (κ3) is 4.16. The number of carbonyl (C=O) groups excluding carboxylic acids is 4. The number of rotatable bonds is 4. The normalized spacial score (nSPS) is 26.8. The van der Waals surface area contributed by atoms with Gasteiger partial charge in [-0.3, -0.25) is 19.3 Å². The van der Waals surface area contributed by atoms with Crippen molar-refractivity contribution < 1.29 is 19.2 Å². The van der Waals surface area contributed by atoms with Gasteiger partial charge in [0.15, 0.2) is 0 Å². The van der Waals surface area contributed by atoms with Crippen molar-refractivity contribution in [2.45, 2.75) is 51.0 Å². The molecule has 31 heavy (non-hydrogen) atoms. The number of likely N-dealkylation sites (tertiary alicyclic amines) is 1. The summed E-state index contributed by atoms with van der Waals surface area (Å²) in [5.74, 6) is -0.647. The number of para-hydroxylation sites is 1. The first-order valence-corrected chi connectivity index (χ1v) is 11.2. The molecule has 1 aromatic carbocycles. The summed E-state index contributed by atoms with van der Waals surface area (Å²) in [6, 6.07) is 8.84. The second-order valence-electron chi connectivity index (χ2n) is 8.95. The van der Waals surface area contributed by atoms with Gasteiger partial charge in [-0.2, -0.15) is 0 Å². The molecule has 3 fully saturated rings. The molecule has 8 nitrogen and oxygen atoms in total. The van der Waals surface area contributed by atoms with Crippen molar-refractivity contribution in [1.82, 2.24) is 15.1 Å². The lowest BCUT2D eigenvalue weighted by atomic mass is 9.73. The minimum atomic E-state index is -0.849. The lowest BCUT2D eigenvalue weighted by Crippen LogP contribution is -2.54. The van der Waals surface area contributed by atoms with Crippen LogP contribution < -0.4 is 10.6 Å². The van der Waals surface area contributed by atoms with Gasteiger partial charge in [0.1, 0.15) is 12.1 Å². The van der Waals surface area contributed by atoms with Gasteiger partial charge in [-0.25, -0.2) is 4.79 Å². The number of imide groups is 1. The summed E-state index contributed by atoms with van der Waals surface area (Å²) in [6.45, 7) is 2.64. The van der Waals surface area contributed by atoms with Gasteiger partial charge >= 0.3 is 6.03 Å². The van der Waals surface area contributed by atoms with Crippen LogP contribution in [0.2, 0.25) is 0 Å². The van der Waals surface area contributed by atoms with Gasteiger partial charge in [0.2, 0.25) is 11.8 Å². The zero-order chi connectivity index (χ0) is 22.0. The second-order valence-corrected chi connectivity index (χ2v) is 8.95. The van der Waals surface area contributed by atoms with Gasteiger partial charge < -0.3 is 15.5 Å². The molecule has 1 aromatic rings. The molecule has 0 bridgehead atoms. The molecule has 0 radical (unpaired) electrons. The monoisotopic (exact) mass is 426 g/mol. The van der Waals surface area contributed by atoms with Gasteiger partial charge in [0.05, 0.1) is 0 Å². The van der Waals surface area contributed by atoms with Crippen molar-refractivity contribution in [1.29, 1.82) is 0 Å². The van der Waals surface area contributed by atoms with Crippen LogP contribution in [0, 0.1) is 11.8 Å². The summed E-state index contributed by atoms with van der Waals surface area (Å²) >= 11 is 0. The molecular formula is C23H30N4O4. The van der Waals surface area contributed by atoms with Crippen molar-refractivity contribution in [3.63, 3.8) is 0 Å². The SMILES string of the molecule is C[C@@H]1CCCC[C@]12NC(=O)N(CC(=O)N1CCC(C(=O)Nc3ccccc3)CC1)C2=O. The zero-order valence-corrected chi connectivity index (χ0v) is 17.9. The summed E-state index contributed by atoms with van der Waals surface area (Å²) in [6.07, 6.45) is 4.60. The molecule has 2 N–H and O–H groups in total. The lowest BCUT2D eigenvalue weighted by Gasteiger charge is -2.37. The van der Waals surface area contributed by atoms with Gasteiger partial charge in [0, 0.05) is 24.7 Å². The molecule has 0 unspecified atom stereocenters. The topological polar surface area (TPSA) is 98.8 Å². The molecule has 4 rings (SSSR count). The molecule has 2 saturated heterocycles. The van der Waals surface area contributed by atoms with E-state index in [0.29, 0.717) is 32.4 Å². The van der Waals surface area contributed by atoms with Crippen LogP contribution in [0.25, 0.3) is 0 Å². The van der Waals surface area contributed by atoms with E-state index in [1.54, 1.807) is 4.90 Å². The van der Waals surface area contributed by atoms with Crippen LogP contribution in [-0.4, -0.2) is 58.7 Å². The fourth-order valence-electron chi connectivity index (χ4n) is 5.03. The van der Waals surface area contributed by atoms with Crippen LogP contribution in [0.15, 0.2) is 30.3 Å². The maximum absolute atomic E-state index is 13.1. The van der Waals surface area contributed by atoms with E-state index in [9.17, 15) is 19.2 Å². The highest BCUT2D eigenvalue weighted by Crippen LogP contribution is 2.38. The summed E-state index contributed by atoms with van der Waals surface area (Å²) in [5, 5.41) is 5.80. The molecule has 5 amide bonds. The molecule has 0 aromatic heterocycles. The highest BCUT2D eigenvalue weighted by Gasteiger charge is 2.55. The van der Waals surface area contributed by atoms with Gasteiger partial charge in [-0.05, 0) is 43.7 Å². The third-order valence-electron chi connectivity index (χ3n) is 7.05. The first kappa shape index (κ1) is 21.3. The van der Waals surface area contributed by atoms with E-state index < -0.39 is 11.6 Å². The summed E-state index contributed by atoms with van der Waals surface area (Å²) in [7, 11) is 0. The van der Waals surface area contributed by atoms with E-state index >= 15 is 0 Å². The number of urea groups is 1. The Morgan fingerprint density at radius 1 is 1.10 bits per heavy atom. The van der Waals surface area contributed by atoms with Crippen molar-refractivity contribution in [2.24, 2.45) is 11.8 Å². The Labute approximate surface area is 182 Å². The van der Waals surface area contributed by atoms with E-state index in [0.717, 1.165) is 29.8 Å². The van der Waals surface area contributed by atoms with E-state index in [1.165, 1.54) is 0 Å². The minimum absolute atomic E-state index is 0.0411. The highest BCUT2D eigenvalue weighted by atomic mass is 16.2. The first-order valence-electron chi connectivity index (χ1n) is 11.2. The van der Waals surface area contributed by atoms with Gasteiger partial charge in [0.25, 0.3) is 5.91 Å². The minimum Gasteiger partial charge on any atom is -0.341 e. The third-order valence-corrected chi connectivity index (χ3v) is 7.05. The van der Waals surface area contributed by atoms with Crippen LogP contribution in [0.1, 0.15) is 45.4 Å². The molecule has 1 saturated carbocycles. The predicted octanol–water partition coefficient (Wildman–Crippen LogP) is 2.36. The summed E-state index contributed by atoms with van der Waals surface area (Å²) in [4.78, 5) is 53.6. The van der Waals surface area contributed by atoms with Crippen molar-refractivity contribution in [2.75, 3.05) is 25.0 Å². The largest absolute Gasteiger partial charge is 0.341 e. The molecule has 3 aliphatic rings. The Hall–Kier alpha value is -2.90. The maximum Gasteiger partial charge on any atom is 0.325 e. The molecular weight excluding hydrogens is 396 g/mol. The van der Waals surface area contributed by atoms with Crippen molar-refractivity contribution >= 4 is 29.4 Å². The molecule has 2 atom stereocenters. The average Bonchev–Trinajstić information content (AvgIpc) is 3.01. The van der Waals surface area contributed by atoms with E-state index in [-0.39, 0.29) is 36.1 Å². The number of nitrogens with zero attached hydrogens (tertiary/aromatic N) is 2. The zero-order valence-electron chi connectivity index (χ0n) is 17.9. The van der Waals surface area contributed by atoms with Crippen LogP contribution in [-0.2, 0) is 14.4 Å². The van der Waals surface area contributed by atoms with Crippen LogP contribution in [0.4, 0.5) is 10.5 Å². The number of anilines is 1. The van der Waals surface area contributed by atoms with Crippen molar-refractivity contribution in [3.05, 3.63) is 30.3 Å². The standard InChI is InChI=1S/C23H30N4O4/c1-16-7-5-6-12-23(16)21(30)27(22(31)25-23)15-19(28)26-13-10-17(11-14-26)20(29)24-18-8-3-2-4-9-18/h2-4,8-9,16-17H,5-7,10-15H2,1H3,(H,24,29)(H,25,31)/t16-,23+/m1/s1. The van der Waals surface area contributed by atoms with E-state index in [1.807, 2.05) is 37.3 Å². The number of piperidine rings is 1. The average molecular weight is 427 g/mol. The molecule has 1 spiro atoms. The summed E-state index contributed by atoms with van der Waals surface area (Å²) in [5.41, 5.74) is -0.0894. The Bertz CT molecular complexity index is 866. The van der Waals surface area contributed by atoms with Crippen LogP contribution in [0.5, 0.6) is 0 Å². The molecule has 8 heteroatoms. The van der Waals surface area contributed by atoms with Gasteiger partial charge in [-0.1, -0.05) is 38.0 Å². The number of hydrogen-bond acceptors (Lipinski definition) is 4. The molecule has 2 heterocycles. The Morgan fingerprint density at radius 2 is 1.81 bits per heavy atom. The smallest absolute Gasteiger partial charge is 0.325 e. The number of carbonyl (C=O) groups is 4. The van der Waals surface area contributed by atoms with E-state index in [2.05, 4.69) is 10.6 Å². The van der Waals surface area contributed by atoms with Crippen LogP contribution in [0.3, 0.4) is 0 Å². The molecule has 1 aliphatic carbocycles. The van der Waals surface area contributed by atoms with Gasteiger partial charge in [-0.15, -0.1) is 0 Å². The first-order chi connectivity index (χ1) is 14.9. The van der Waals surface area contributed by atoms with Crippen LogP contribution >= 0.6 is 0 Å². The number of amides is 5. The Kier molecular flexibility index (Phi) is 5.98. The molecule has 166 valence electrons. The Balaban J connectivity index is 1.30. The quantitative estimate of drug-likeness (QED) is 0.722. The predicted molar refractivity (Wildman–Crippen MR) is 115 cm³/mol. The lowest BCUT2D eigenvalue weighted by molar-refractivity contribution is -0.141. The number of nitrogens with one attached hydrogen (secondary N) is 2. The summed E-state index contributed by atoms with van der Waals surface area (Å²) < 4.78 is 0. The number of benzene rings is 1. The van der Waals surface area contributed by atoms with E-state index in [4.69, 9.17) is 0 Å². The Morgan fingerprint density at radius 3 is 2.48 bits per heavy atom. The fraction of sp³-hybridized carbons (Fsp3) is 0.565. The van der Waals surface area contributed by atoms with Crippen molar-refractivity contribution in [3.8, 4) is 0 Å². The fourth-order valence-corrected chi connectivity index (χ4v) is 5.03. The number of hydrogen-bond donors (Lipinski definition) is 2. The highest BCUT2D eigenvalue weighted by molar-refractivity contribution is 6.09. The molecule has 2 aliphatic heterocycles. The second kappa shape index (κ2) is 8.69.